The number of likely N-dealkylation sites (tertiary alicyclic amines) is 2. The third-order valence-corrected chi connectivity index (χ3v) is 7.93. The molecule has 5 rings (SSSR count). The maximum atomic E-state index is 13.5. The van der Waals surface area contributed by atoms with Crippen LogP contribution < -0.4 is 4.90 Å². The summed E-state index contributed by atoms with van der Waals surface area (Å²) < 4.78 is 5.41. The van der Waals surface area contributed by atoms with Crippen molar-refractivity contribution in [2.24, 2.45) is 11.8 Å². The molecule has 0 radical (unpaired) electrons. The van der Waals surface area contributed by atoms with Crippen LogP contribution in [0.25, 0.3) is 11.3 Å². The van der Waals surface area contributed by atoms with Crippen LogP contribution in [0, 0.1) is 25.7 Å². The SMILES string of the molecule is Cc1ccc(N(CCCN2CC3CN(C(=O)c4c(-c5ccccc5)noc4C)CC3C2)C(=O)O)cc1Cl. The van der Waals surface area contributed by atoms with Gasteiger partial charge in [0.2, 0.25) is 0 Å². The van der Waals surface area contributed by atoms with E-state index in [1.165, 1.54) is 4.90 Å². The van der Waals surface area contributed by atoms with Crippen LogP contribution in [-0.2, 0) is 0 Å². The molecule has 1 aromatic heterocycles. The molecule has 2 aliphatic rings. The van der Waals surface area contributed by atoms with E-state index in [2.05, 4.69) is 10.1 Å². The Kier molecular flexibility index (Phi) is 7.22. The summed E-state index contributed by atoms with van der Waals surface area (Å²) >= 11 is 6.21. The first-order valence-electron chi connectivity index (χ1n) is 12.6. The summed E-state index contributed by atoms with van der Waals surface area (Å²) in [7, 11) is 0. The Morgan fingerprint density at radius 3 is 2.43 bits per heavy atom. The highest BCUT2D eigenvalue weighted by Gasteiger charge is 2.42. The fraction of sp³-hybridized carbons (Fsp3) is 0.393. The lowest BCUT2D eigenvalue weighted by Gasteiger charge is -2.24. The summed E-state index contributed by atoms with van der Waals surface area (Å²) in [4.78, 5) is 31.0. The van der Waals surface area contributed by atoms with Crippen LogP contribution in [0.4, 0.5) is 10.5 Å². The summed E-state index contributed by atoms with van der Waals surface area (Å²) in [6.45, 7) is 8.14. The van der Waals surface area contributed by atoms with E-state index in [9.17, 15) is 14.7 Å². The molecule has 0 bridgehead atoms. The largest absolute Gasteiger partial charge is 0.465 e. The zero-order valence-corrected chi connectivity index (χ0v) is 21.8. The Bertz CT molecular complexity index is 1280. The van der Waals surface area contributed by atoms with E-state index in [4.69, 9.17) is 16.1 Å². The molecule has 0 saturated carbocycles. The van der Waals surface area contributed by atoms with Gasteiger partial charge in [0.05, 0.1) is 0 Å². The number of hydrogen-bond acceptors (Lipinski definition) is 5. The van der Waals surface area contributed by atoms with Crippen LogP contribution in [0.5, 0.6) is 0 Å². The molecule has 194 valence electrons. The third kappa shape index (κ3) is 5.22. The van der Waals surface area contributed by atoms with Gasteiger partial charge in [0.15, 0.2) is 0 Å². The van der Waals surface area contributed by atoms with Gasteiger partial charge < -0.3 is 19.4 Å². The minimum Gasteiger partial charge on any atom is -0.465 e. The summed E-state index contributed by atoms with van der Waals surface area (Å²) in [6.07, 6.45) is -0.258. The number of amides is 2. The molecule has 9 heteroatoms. The molecular weight excluding hydrogens is 492 g/mol. The average Bonchev–Trinajstić information content (AvgIpc) is 3.57. The third-order valence-electron chi connectivity index (χ3n) is 7.53. The van der Waals surface area contributed by atoms with Crippen LogP contribution in [0.3, 0.4) is 0 Å². The quantitative estimate of drug-likeness (QED) is 0.459. The number of carbonyl (C=O) groups is 2. The van der Waals surface area contributed by atoms with Gasteiger partial charge in [-0.2, -0.15) is 0 Å². The lowest BCUT2D eigenvalue weighted by atomic mass is 10.0. The molecule has 2 amide bonds. The first kappa shape index (κ1) is 25.3. The number of hydrogen-bond donors (Lipinski definition) is 1. The van der Waals surface area contributed by atoms with Crippen molar-refractivity contribution in [1.82, 2.24) is 15.0 Å². The van der Waals surface area contributed by atoms with Crippen molar-refractivity contribution in [3.8, 4) is 11.3 Å². The fourth-order valence-corrected chi connectivity index (χ4v) is 5.73. The van der Waals surface area contributed by atoms with Gasteiger partial charge in [-0.15, -0.1) is 0 Å². The topological polar surface area (TPSA) is 90.1 Å². The second-order valence-corrected chi connectivity index (χ2v) is 10.4. The number of aryl methyl sites for hydroxylation is 2. The molecule has 2 aliphatic heterocycles. The first-order valence-corrected chi connectivity index (χ1v) is 13.0. The number of aromatic nitrogens is 1. The van der Waals surface area contributed by atoms with Gasteiger partial charge in [0, 0.05) is 49.0 Å². The Balaban J connectivity index is 1.16. The molecule has 0 aliphatic carbocycles. The van der Waals surface area contributed by atoms with Crippen molar-refractivity contribution < 1.29 is 19.2 Å². The van der Waals surface area contributed by atoms with Crippen molar-refractivity contribution in [2.45, 2.75) is 20.3 Å². The number of carbonyl (C=O) groups excluding carboxylic acids is 1. The maximum absolute atomic E-state index is 13.5. The number of nitrogens with zero attached hydrogens (tertiary/aromatic N) is 4. The van der Waals surface area contributed by atoms with Gasteiger partial charge in [0.1, 0.15) is 17.0 Å². The lowest BCUT2D eigenvalue weighted by molar-refractivity contribution is 0.0773. The van der Waals surface area contributed by atoms with Crippen molar-refractivity contribution in [2.75, 3.05) is 44.2 Å². The van der Waals surface area contributed by atoms with Crippen molar-refractivity contribution in [3.05, 3.63) is 70.4 Å². The molecule has 2 saturated heterocycles. The second kappa shape index (κ2) is 10.6. The molecule has 2 unspecified atom stereocenters. The van der Waals surface area contributed by atoms with E-state index in [0.29, 0.717) is 59.2 Å². The number of anilines is 1. The smallest absolute Gasteiger partial charge is 0.411 e. The monoisotopic (exact) mass is 522 g/mol. The lowest BCUT2D eigenvalue weighted by Crippen LogP contribution is -2.35. The van der Waals surface area contributed by atoms with Crippen molar-refractivity contribution >= 4 is 29.3 Å². The molecule has 2 atom stereocenters. The summed E-state index contributed by atoms with van der Waals surface area (Å²) in [5.74, 6) is 1.35. The minimum atomic E-state index is -0.980. The van der Waals surface area contributed by atoms with Crippen LogP contribution >= 0.6 is 11.6 Å². The van der Waals surface area contributed by atoms with E-state index in [0.717, 1.165) is 37.2 Å². The highest BCUT2D eigenvalue weighted by atomic mass is 35.5. The number of benzene rings is 2. The molecule has 8 nitrogen and oxygen atoms in total. The Hall–Kier alpha value is -3.36. The summed E-state index contributed by atoms with van der Waals surface area (Å²) in [5.41, 5.74) is 3.53. The average molecular weight is 523 g/mol. The highest BCUT2D eigenvalue weighted by Crippen LogP contribution is 2.34. The Morgan fingerprint density at radius 1 is 1.08 bits per heavy atom. The molecule has 0 spiro atoms. The number of fused-ring (bicyclic) bond motifs is 1. The van der Waals surface area contributed by atoms with Crippen LogP contribution in [-0.4, -0.2) is 71.3 Å². The molecule has 3 heterocycles. The van der Waals surface area contributed by atoms with E-state index in [1.807, 2.05) is 48.2 Å². The van der Waals surface area contributed by atoms with E-state index >= 15 is 0 Å². The molecular formula is C28H31ClN4O4. The first-order chi connectivity index (χ1) is 17.8. The number of rotatable bonds is 7. The van der Waals surface area contributed by atoms with Gasteiger partial charge in [-0.25, -0.2) is 4.79 Å². The minimum absolute atomic E-state index is 0.0209. The standard InChI is InChI=1S/C28H31ClN4O4/c1-18-9-10-23(13-24(18)29)33(28(35)36)12-6-11-31-14-21-16-32(17-22(21)15-31)27(34)25-19(2)37-30-26(25)20-7-4-3-5-8-20/h3-5,7-10,13,21-22H,6,11-12,14-17H2,1-2H3,(H,35,36). The van der Waals surface area contributed by atoms with Gasteiger partial charge in [-0.1, -0.05) is 53.2 Å². The van der Waals surface area contributed by atoms with Crippen LogP contribution in [0.15, 0.2) is 53.1 Å². The second-order valence-electron chi connectivity index (χ2n) is 10.0. The predicted octanol–water partition coefficient (Wildman–Crippen LogP) is 5.19. The summed E-state index contributed by atoms with van der Waals surface area (Å²) in [5, 5.41) is 14.4. The van der Waals surface area contributed by atoms with Crippen LogP contribution in [0.2, 0.25) is 5.02 Å². The number of halogens is 1. The van der Waals surface area contributed by atoms with E-state index < -0.39 is 6.09 Å². The summed E-state index contributed by atoms with van der Waals surface area (Å²) in [6, 6.07) is 15.0. The van der Waals surface area contributed by atoms with Crippen molar-refractivity contribution in [3.63, 3.8) is 0 Å². The highest BCUT2D eigenvalue weighted by molar-refractivity contribution is 6.31. The van der Waals surface area contributed by atoms with E-state index in [1.54, 1.807) is 19.1 Å². The molecule has 37 heavy (non-hydrogen) atoms. The Labute approximate surface area is 221 Å². The van der Waals surface area contributed by atoms with Gasteiger partial charge in [-0.3, -0.25) is 9.69 Å². The van der Waals surface area contributed by atoms with Crippen molar-refractivity contribution in [1.29, 1.82) is 0 Å². The molecule has 2 aromatic carbocycles. The predicted molar refractivity (Wildman–Crippen MR) is 142 cm³/mol. The van der Waals surface area contributed by atoms with Crippen LogP contribution in [0.1, 0.15) is 28.1 Å². The zero-order valence-electron chi connectivity index (χ0n) is 21.1. The molecule has 3 aromatic rings. The molecule has 2 fully saturated rings. The van der Waals surface area contributed by atoms with Gasteiger partial charge in [0.25, 0.3) is 5.91 Å². The maximum Gasteiger partial charge on any atom is 0.411 e. The number of carboxylic acid groups (broad SMARTS) is 1. The normalized spacial score (nSPS) is 19.3. The fourth-order valence-electron chi connectivity index (χ4n) is 5.55. The van der Waals surface area contributed by atoms with Gasteiger partial charge >= 0.3 is 6.09 Å². The Morgan fingerprint density at radius 2 is 1.78 bits per heavy atom. The van der Waals surface area contributed by atoms with Gasteiger partial charge in [-0.05, 0) is 56.3 Å². The zero-order chi connectivity index (χ0) is 26.1. The van der Waals surface area contributed by atoms with E-state index in [-0.39, 0.29) is 5.91 Å². The molecule has 1 N–H and O–H groups in total.